The van der Waals surface area contributed by atoms with Crippen molar-refractivity contribution in [2.24, 2.45) is 0 Å². The highest BCUT2D eigenvalue weighted by molar-refractivity contribution is 7.89. The van der Waals surface area contributed by atoms with E-state index in [2.05, 4.69) is 4.84 Å². The molecule has 0 spiro atoms. The summed E-state index contributed by atoms with van der Waals surface area (Å²) in [5, 5.41) is 0. The van der Waals surface area contributed by atoms with Gasteiger partial charge in [-0.05, 0) is 24.1 Å². The summed E-state index contributed by atoms with van der Waals surface area (Å²) in [6.45, 7) is 1.96. The first-order valence-electron chi connectivity index (χ1n) is 4.85. The molecule has 0 radical (unpaired) electrons. The second kappa shape index (κ2) is 4.82. The van der Waals surface area contributed by atoms with Crippen LogP contribution < -0.4 is 5.73 Å². The van der Waals surface area contributed by atoms with Crippen LogP contribution in [0.15, 0.2) is 23.1 Å². The van der Waals surface area contributed by atoms with Gasteiger partial charge in [-0.15, -0.1) is 0 Å². The fourth-order valence-electron chi connectivity index (χ4n) is 1.30. The summed E-state index contributed by atoms with van der Waals surface area (Å²) in [5.74, 6) is 0. The number of nitrogens with two attached hydrogens (primary N) is 1. The van der Waals surface area contributed by atoms with Crippen molar-refractivity contribution >= 4 is 15.7 Å². The Morgan fingerprint density at radius 1 is 1.44 bits per heavy atom. The third kappa shape index (κ3) is 2.34. The molecule has 0 saturated carbocycles. The zero-order valence-corrected chi connectivity index (χ0v) is 10.4. The number of nitrogens with zero attached hydrogens (tertiary/aromatic N) is 1. The van der Waals surface area contributed by atoms with E-state index in [-0.39, 0.29) is 4.90 Å². The molecule has 5 nitrogen and oxygen atoms in total. The molecule has 90 valence electrons. The molecule has 0 unspecified atom stereocenters. The highest BCUT2D eigenvalue weighted by Crippen LogP contribution is 2.20. The topological polar surface area (TPSA) is 72.6 Å². The monoisotopic (exact) mass is 244 g/mol. The van der Waals surface area contributed by atoms with Crippen molar-refractivity contribution in [3.05, 3.63) is 23.8 Å². The van der Waals surface area contributed by atoms with Gasteiger partial charge >= 0.3 is 0 Å². The molecule has 0 aromatic heterocycles. The van der Waals surface area contributed by atoms with Crippen LogP contribution in [0.3, 0.4) is 0 Å². The molecular formula is C10H16N2O3S. The van der Waals surface area contributed by atoms with E-state index in [1.165, 1.54) is 26.3 Å². The highest BCUT2D eigenvalue weighted by atomic mass is 32.2. The number of benzene rings is 1. The number of aryl methyl sites for hydroxylation is 1. The summed E-state index contributed by atoms with van der Waals surface area (Å²) in [6.07, 6.45) is 0.770. The average molecular weight is 244 g/mol. The van der Waals surface area contributed by atoms with Gasteiger partial charge in [-0.3, -0.25) is 4.84 Å². The Labute approximate surface area is 95.8 Å². The minimum Gasteiger partial charge on any atom is -0.398 e. The van der Waals surface area contributed by atoms with Gasteiger partial charge in [-0.1, -0.05) is 17.5 Å². The molecule has 0 fully saturated rings. The van der Waals surface area contributed by atoms with Crippen molar-refractivity contribution in [3.63, 3.8) is 0 Å². The molecule has 1 aromatic rings. The SMILES string of the molecule is CCc1ccc(S(=O)(=O)N(C)OC)cc1N. The average Bonchev–Trinajstić information content (AvgIpc) is 2.27. The quantitative estimate of drug-likeness (QED) is 0.634. The number of rotatable bonds is 4. The van der Waals surface area contributed by atoms with E-state index in [4.69, 9.17) is 5.73 Å². The van der Waals surface area contributed by atoms with Crippen molar-refractivity contribution in [2.75, 3.05) is 19.9 Å². The van der Waals surface area contributed by atoms with Crippen LogP contribution in [0, 0.1) is 0 Å². The molecule has 0 heterocycles. The maximum absolute atomic E-state index is 11.9. The van der Waals surface area contributed by atoms with Gasteiger partial charge in [-0.2, -0.15) is 0 Å². The van der Waals surface area contributed by atoms with Gasteiger partial charge in [-0.25, -0.2) is 8.42 Å². The van der Waals surface area contributed by atoms with Gasteiger partial charge in [0.05, 0.1) is 12.0 Å². The largest absolute Gasteiger partial charge is 0.398 e. The standard InChI is InChI=1S/C10H16N2O3S/c1-4-8-5-6-9(7-10(8)11)16(13,14)12(2)15-3/h5-7H,4,11H2,1-3H3. The van der Waals surface area contributed by atoms with E-state index in [9.17, 15) is 8.42 Å². The molecule has 16 heavy (non-hydrogen) atoms. The fourth-order valence-corrected chi connectivity index (χ4v) is 2.31. The van der Waals surface area contributed by atoms with Crippen LogP contribution in [0.25, 0.3) is 0 Å². The van der Waals surface area contributed by atoms with Crippen molar-refractivity contribution in [2.45, 2.75) is 18.2 Å². The first kappa shape index (κ1) is 13.0. The second-order valence-corrected chi connectivity index (χ2v) is 5.25. The highest BCUT2D eigenvalue weighted by Gasteiger charge is 2.21. The van der Waals surface area contributed by atoms with Crippen LogP contribution >= 0.6 is 0 Å². The van der Waals surface area contributed by atoms with Gasteiger partial charge in [0, 0.05) is 12.7 Å². The van der Waals surface area contributed by atoms with Crippen molar-refractivity contribution < 1.29 is 13.3 Å². The minimum atomic E-state index is -3.61. The lowest BCUT2D eigenvalue weighted by atomic mass is 10.1. The van der Waals surface area contributed by atoms with Gasteiger partial charge in [0.25, 0.3) is 10.0 Å². The lowest BCUT2D eigenvalue weighted by Crippen LogP contribution is -2.25. The van der Waals surface area contributed by atoms with Crippen LogP contribution in [0.1, 0.15) is 12.5 Å². The number of sulfonamides is 1. The molecule has 0 atom stereocenters. The van der Waals surface area contributed by atoms with E-state index < -0.39 is 10.0 Å². The molecule has 2 N–H and O–H groups in total. The van der Waals surface area contributed by atoms with Gasteiger partial charge < -0.3 is 5.73 Å². The minimum absolute atomic E-state index is 0.131. The van der Waals surface area contributed by atoms with E-state index >= 15 is 0 Å². The molecule has 1 rings (SSSR count). The predicted molar refractivity (Wildman–Crippen MR) is 62.2 cm³/mol. The van der Waals surface area contributed by atoms with Crippen LogP contribution in [0.5, 0.6) is 0 Å². The van der Waals surface area contributed by atoms with Crippen LogP contribution in [0.2, 0.25) is 0 Å². The maximum Gasteiger partial charge on any atom is 0.264 e. The Balaban J connectivity index is 3.21. The van der Waals surface area contributed by atoms with Gasteiger partial charge in [0.15, 0.2) is 0 Å². The third-order valence-corrected chi connectivity index (χ3v) is 4.07. The predicted octanol–water partition coefficient (Wildman–Crippen LogP) is 1.01. The van der Waals surface area contributed by atoms with Crippen molar-refractivity contribution in [1.82, 2.24) is 4.47 Å². The van der Waals surface area contributed by atoms with E-state index in [1.54, 1.807) is 6.07 Å². The molecule has 0 saturated heterocycles. The third-order valence-electron chi connectivity index (χ3n) is 2.39. The molecule has 6 heteroatoms. The second-order valence-electron chi connectivity index (χ2n) is 3.31. The number of anilines is 1. The Morgan fingerprint density at radius 3 is 2.50 bits per heavy atom. The molecule has 1 aromatic carbocycles. The molecule has 0 aliphatic rings. The molecular weight excluding hydrogens is 228 g/mol. The van der Waals surface area contributed by atoms with Gasteiger partial charge in [0.1, 0.15) is 0 Å². The normalized spacial score (nSPS) is 12.0. The summed E-state index contributed by atoms with van der Waals surface area (Å²) in [5.41, 5.74) is 7.16. The van der Waals surface area contributed by atoms with Crippen LogP contribution in [-0.4, -0.2) is 27.0 Å². The smallest absolute Gasteiger partial charge is 0.264 e. The van der Waals surface area contributed by atoms with Gasteiger partial charge in [0.2, 0.25) is 0 Å². The Kier molecular flexibility index (Phi) is 3.90. The number of nitrogen functional groups attached to an aromatic ring is 1. The molecule has 0 bridgehead atoms. The zero-order chi connectivity index (χ0) is 12.3. The molecule has 0 aliphatic carbocycles. The Morgan fingerprint density at radius 2 is 2.06 bits per heavy atom. The molecule has 0 aliphatic heterocycles. The summed E-state index contributed by atoms with van der Waals surface area (Å²) in [4.78, 5) is 4.80. The van der Waals surface area contributed by atoms with E-state index in [1.807, 2.05) is 6.92 Å². The summed E-state index contributed by atoms with van der Waals surface area (Å²) >= 11 is 0. The first-order valence-corrected chi connectivity index (χ1v) is 6.29. The summed E-state index contributed by atoms with van der Waals surface area (Å²) < 4.78 is 24.5. The number of hydrogen-bond acceptors (Lipinski definition) is 4. The fraction of sp³-hybridized carbons (Fsp3) is 0.400. The number of hydroxylamine groups is 1. The maximum atomic E-state index is 11.9. The Hall–Kier alpha value is -1.11. The lowest BCUT2D eigenvalue weighted by molar-refractivity contribution is -0.0258. The number of hydrogen-bond donors (Lipinski definition) is 1. The van der Waals surface area contributed by atoms with E-state index in [0.29, 0.717) is 5.69 Å². The molecule has 0 amide bonds. The zero-order valence-electron chi connectivity index (χ0n) is 9.60. The van der Waals surface area contributed by atoms with Crippen LogP contribution in [-0.2, 0) is 21.3 Å². The lowest BCUT2D eigenvalue weighted by Gasteiger charge is -2.15. The summed E-state index contributed by atoms with van der Waals surface area (Å²) in [7, 11) is -0.980. The Bertz CT molecular complexity index is 471. The first-order chi connectivity index (χ1) is 7.43. The van der Waals surface area contributed by atoms with Crippen molar-refractivity contribution in [1.29, 1.82) is 0 Å². The van der Waals surface area contributed by atoms with E-state index in [0.717, 1.165) is 16.5 Å². The summed E-state index contributed by atoms with van der Waals surface area (Å²) in [6, 6.07) is 4.69. The van der Waals surface area contributed by atoms with Crippen molar-refractivity contribution in [3.8, 4) is 0 Å². The van der Waals surface area contributed by atoms with Crippen LogP contribution in [0.4, 0.5) is 5.69 Å².